The Morgan fingerprint density at radius 2 is 1.82 bits per heavy atom. The molecule has 1 aromatic heterocycles. The second kappa shape index (κ2) is 5.41. The molecule has 1 aromatic carbocycles. The molecule has 88 valence electrons. The smallest absolute Gasteiger partial charge is 0.151 e. The summed E-state index contributed by atoms with van der Waals surface area (Å²) in [4.78, 5) is 10.6. The van der Waals surface area contributed by atoms with E-state index in [0.717, 1.165) is 18.1 Å². The molecule has 0 spiro atoms. The van der Waals surface area contributed by atoms with Crippen LogP contribution in [0, 0.1) is 0 Å². The SMILES string of the molecule is CN(Cc1ccccc1)c1nccnc1CN. The number of benzene rings is 1. The second-order valence-corrected chi connectivity index (χ2v) is 3.87. The van der Waals surface area contributed by atoms with E-state index in [4.69, 9.17) is 5.73 Å². The standard InChI is InChI=1S/C13H16N4/c1-17(10-11-5-3-2-4-6-11)13-12(9-14)15-7-8-16-13/h2-8H,9-10,14H2,1H3. The Bertz CT molecular complexity index is 470. The topological polar surface area (TPSA) is 55.0 Å². The van der Waals surface area contributed by atoms with Crippen molar-refractivity contribution in [2.24, 2.45) is 5.73 Å². The summed E-state index contributed by atoms with van der Waals surface area (Å²) >= 11 is 0. The Morgan fingerprint density at radius 1 is 1.12 bits per heavy atom. The largest absolute Gasteiger partial charge is 0.354 e. The number of hydrogen-bond donors (Lipinski definition) is 1. The number of aromatic nitrogens is 2. The third-order valence-electron chi connectivity index (χ3n) is 2.57. The highest BCUT2D eigenvalue weighted by Crippen LogP contribution is 2.15. The van der Waals surface area contributed by atoms with Crippen LogP contribution in [-0.2, 0) is 13.1 Å². The summed E-state index contributed by atoms with van der Waals surface area (Å²) in [7, 11) is 2.00. The van der Waals surface area contributed by atoms with Crippen LogP contribution in [0.1, 0.15) is 11.3 Å². The zero-order valence-electron chi connectivity index (χ0n) is 9.87. The van der Waals surface area contributed by atoms with E-state index in [2.05, 4.69) is 27.0 Å². The van der Waals surface area contributed by atoms with Crippen molar-refractivity contribution >= 4 is 5.82 Å². The number of nitrogens with zero attached hydrogens (tertiary/aromatic N) is 3. The van der Waals surface area contributed by atoms with Crippen LogP contribution in [0.5, 0.6) is 0 Å². The molecule has 0 aliphatic heterocycles. The second-order valence-electron chi connectivity index (χ2n) is 3.87. The Balaban J connectivity index is 2.17. The van der Waals surface area contributed by atoms with Crippen LogP contribution < -0.4 is 10.6 Å². The summed E-state index contributed by atoms with van der Waals surface area (Å²) in [6.07, 6.45) is 3.36. The maximum atomic E-state index is 5.65. The molecule has 0 atom stereocenters. The van der Waals surface area contributed by atoms with Crippen LogP contribution in [0.4, 0.5) is 5.82 Å². The van der Waals surface area contributed by atoms with Crippen molar-refractivity contribution in [1.29, 1.82) is 0 Å². The van der Waals surface area contributed by atoms with Gasteiger partial charge in [0.2, 0.25) is 0 Å². The highest BCUT2D eigenvalue weighted by atomic mass is 15.2. The quantitative estimate of drug-likeness (QED) is 0.863. The van der Waals surface area contributed by atoms with Gasteiger partial charge in [-0.25, -0.2) is 4.98 Å². The molecule has 0 amide bonds. The molecule has 2 aromatic rings. The van der Waals surface area contributed by atoms with Crippen LogP contribution in [-0.4, -0.2) is 17.0 Å². The lowest BCUT2D eigenvalue weighted by Crippen LogP contribution is -2.20. The first-order chi connectivity index (χ1) is 8.31. The maximum absolute atomic E-state index is 5.65. The van der Waals surface area contributed by atoms with E-state index in [0.29, 0.717) is 6.54 Å². The molecule has 4 nitrogen and oxygen atoms in total. The van der Waals surface area contributed by atoms with Crippen molar-refractivity contribution in [1.82, 2.24) is 9.97 Å². The monoisotopic (exact) mass is 228 g/mol. The highest BCUT2D eigenvalue weighted by molar-refractivity contribution is 5.42. The van der Waals surface area contributed by atoms with Crippen molar-refractivity contribution in [3.63, 3.8) is 0 Å². The molecule has 0 aliphatic carbocycles. The molecule has 0 saturated carbocycles. The van der Waals surface area contributed by atoms with E-state index in [1.165, 1.54) is 5.56 Å². The summed E-state index contributed by atoms with van der Waals surface area (Å²) in [5.41, 5.74) is 7.72. The predicted molar refractivity (Wildman–Crippen MR) is 68.5 cm³/mol. The molecular formula is C13H16N4. The number of hydrogen-bond acceptors (Lipinski definition) is 4. The number of anilines is 1. The van der Waals surface area contributed by atoms with Gasteiger partial charge in [0.05, 0.1) is 5.69 Å². The minimum atomic E-state index is 0.405. The number of nitrogens with two attached hydrogens (primary N) is 1. The summed E-state index contributed by atoms with van der Waals surface area (Å²) in [6, 6.07) is 10.3. The Kier molecular flexibility index (Phi) is 3.67. The van der Waals surface area contributed by atoms with Crippen LogP contribution in [0.15, 0.2) is 42.7 Å². The molecule has 17 heavy (non-hydrogen) atoms. The fourth-order valence-corrected chi connectivity index (χ4v) is 1.75. The fourth-order valence-electron chi connectivity index (χ4n) is 1.75. The van der Waals surface area contributed by atoms with Crippen LogP contribution >= 0.6 is 0 Å². The van der Waals surface area contributed by atoms with E-state index in [-0.39, 0.29) is 0 Å². The predicted octanol–water partition coefficient (Wildman–Crippen LogP) is 1.57. The molecule has 2 N–H and O–H groups in total. The average molecular weight is 228 g/mol. The van der Waals surface area contributed by atoms with Gasteiger partial charge in [-0.3, -0.25) is 4.98 Å². The highest BCUT2D eigenvalue weighted by Gasteiger charge is 2.08. The lowest BCUT2D eigenvalue weighted by atomic mass is 10.2. The van der Waals surface area contributed by atoms with Gasteiger partial charge in [-0.1, -0.05) is 30.3 Å². The van der Waals surface area contributed by atoms with Crippen molar-refractivity contribution < 1.29 is 0 Å². The molecule has 1 heterocycles. The Hall–Kier alpha value is -1.94. The van der Waals surface area contributed by atoms with E-state index in [9.17, 15) is 0 Å². The summed E-state index contributed by atoms with van der Waals surface area (Å²) < 4.78 is 0. The van der Waals surface area contributed by atoms with E-state index >= 15 is 0 Å². The third-order valence-corrected chi connectivity index (χ3v) is 2.57. The molecule has 0 saturated heterocycles. The molecule has 2 rings (SSSR count). The average Bonchev–Trinajstić information content (AvgIpc) is 2.40. The van der Waals surface area contributed by atoms with Gasteiger partial charge in [0.25, 0.3) is 0 Å². The minimum absolute atomic E-state index is 0.405. The van der Waals surface area contributed by atoms with Crippen LogP contribution in [0.2, 0.25) is 0 Å². The first kappa shape index (κ1) is 11.5. The third kappa shape index (κ3) is 2.79. The normalized spacial score (nSPS) is 10.2. The Morgan fingerprint density at radius 3 is 2.53 bits per heavy atom. The van der Waals surface area contributed by atoms with Gasteiger partial charge in [-0.05, 0) is 5.56 Å². The fraction of sp³-hybridized carbons (Fsp3) is 0.231. The summed E-state index contributed by atoms with van der Waals surface area (Å²) in [5, 5.41) is 0. The van der Waals surface area contributed by atoms with Crippen molar-refractivity contribution in [3.05, 3.63) is 54.0 Å². The minimum Gasteiger partial charge on any atom is -0.354 e. The molecule has 0 fully saturated rings. The lowest BCUT2D eigenvalue weighted by Gasteiger charge is -2.19. The molecular weight excluding hydrogens is 212 g/mol. The summed E-state index contributed by atoms with van der Waals surface area (Å²) in [5.74, 6) is 0.846. The molecule has 0 radical (unpaired) electrons. The van der Waals surface area contributed by atoms with Crippen molar-refractivity contribution in [3.8, 4) is 0 Å². The lowest BCUT2D eigenvalue weighted by molar-refractivity contribution is 0.853. The Labute approximate surface area is 101 Å². The van der Waals surface area contributed by atoms with Gasteiger partial charge >= 0.3 is 0 Å². The summed E-state index contributed by atoms with van der Waals surface area (Å²) in [6.45, 7) is 1.20. The van der Waals surface area contributed by atoms with Crippen molar-refractivity contribution in [2.75, 3.05) is 11.9 Å². The zero-order chi connectivity index (χ0) is 12.1. The maximum Gasteiger partial charge on any atom is 0.151 e. The molecule has 4 heteroatoms. The van der Waals surface area contributed by atoms with Crippen molar-refractivity contribution in [2.45, 2.75) is 13.1 Å². The van der Waals surface area contributed by atoms with E-state index in [1.807, 2.05) is 25.2 Å². The van der Waals surface area contributed by atoms with Crippen LogP contribution in [0.25, 0.3) is 0 Å². The van der Waals surface area contributed by atoms with Gasteiger partial charge in [-0.15, -0.1) is 0 Å². The van der Waals surface area contributed by atoms with E-state index in [1.54, 1.807) is 12.4 Å². The van der Waals surface area contributed by atoms with Gasteiger partial charge in [0, 0.05) is 32.5 Å². The van der Waals surface area contributed by atoms with E-state index < -0.39 is 0 Å². The van der Waals surface area contributed by atoms with Gasteiger partial charge < -0.3 is 10.6 Å². The van der Waals surface area contributed by atoms with Gasteiger partial charge in [0.15, 0.2) is 5.82 Å². The zero-order valence-corrected chi connectivity index (χ0v) is 9.87. The first-order valence-electron chi connectivity index (χ1n) is 5.56. The first-order valence-corrected chi connectivity index (χ1v) is 5.56. The molecule has 0 aliphatic rings. The molecule has 0 bridgehead atoms. The number of rotatable bonds is 4. The molecule has 0 unspecified atom stereocenters. The van der Waals surface area contributed by atoms with Gasteiger partial charge in [-0.2, -0.15) is 0 Å². The van der Waals surface area contributed by atoms with Gasteiger partial charge in [0.1, 0.15) is 0 Å². The van der Waals surface area contributed by atoms with Crippen LogP contribution in [0.3, 0.4) is 0 Å².